The standard InChI is InChI=1S/C18H27N3O4S/c1-12(2)20-18(23)17(22)19-11-15-6-5-9-21(15)26(24,25)16-10-13(3)7-8-14(16)4/h7-8,10,12,15H,5-6,9,11H2,1-4H3,(H,19,22)(H,20,23)/t15-/m1/s1. The van der Waals surface area contributed by atoms with Crippen LogP contribution in [0.15, 0.2) is 23.1 Å². The number of rotatable bonds is 5. The largest absolute Gasteiger partial charge is 0.346 e. The second-order valence-electron chi connectivity index (χ2n) is 7.02. The van der Waals surface area contributed by atoms with Crippen molar-refractivity contribution in [3.63, 3.8) is 0 Å². The van der Waals surface area contributed by atoms with Crippen LogP contribution >= 0.6 is 0 Å². The molecule has 1 fully saturated rings. The molecule has 0 spiro atoms. The van der Waals surface area contributed by atoms with Crippen molar-refractivity contribution in [1.29, 1.82) is 0 Å². The molecule has 8 heteroatoms. The third-order valence-corrected chi connectivity index (χ3v) is 6.47. The van der Waals surface area contributed by atoms with E-state index in [9.17, 15) is 18.0 Å². The van der Waals surface area contributed by atoms with Crippen LogP contribution in [0.4, 0.5) is 0 Å². The van der Waals surface area contributed by atoms with Crippen molar-refractivity contribution in [2.24, 2.45) is 0 Å². The van der Waals surface area contributed by atoms with E-state index < -0.39 is 21.8 Å². The summed E-state index contributed by atoms with van der Waals surface area (Å²) in [5.41, 5.74) is 1.57. The maximum absolute atomic E-state index is 13.1. The van der Waals surface area contributed by atoms with Crippen LogP contribution in [0.1, 0.15) is 37.8 Å². The number of carbonyl (C=O) groups is 2. The summed E-state index contributed by atoms with van der Waals surface area (Å²) in [6, 6.07) is 4.86. The van der Waals surface area contributed by atoms with Crippen molar-refractivity contribution in [2.75, 3.05) is 13.1 Å². The molecule has 1 atom stereocenters. The summed E-state index contributed by atoms with van der Waals surface area (Å²) in [5, 5.41) is 5.07. The van der Waals surface area contributed by atoms with Crippen molar-refractivity contribution in [2.45, 2.75) is 57.5 Å². The van der Waals surface area contributed by atoms with Crippen molar-refractivity contribution in [3.8, 4) is 0 Å². The molecule has 0 saturated carbocycles. The van der Waals surface area contributed by atoms with Gasteiger partial charge < -0.3 is 10.6 Å². The first-order valence-corrected chi connectivity index (χ1v) is 10.2. The number of carbonyl (C=O) groups excluding carboxylic acids is 2. The van der Waals surface area contributed by atoms with Gasteiger partial charge in [-0.15, -0.1) is 0 Å². The lowest BCUT2D eigenvalue weighted by Crippen LogP contribution is -2.48. The number of hydrogen-bond donors (Lipinski definition) is 2. The Labute approximate surface area is 155 Å². The highest BCUT2D eigenvalue weighted by atomic mass is 32.2. The summed E-state index contributed by atoms with van der Waals surface area (Å²) in [6.45, 7) is 7.69. The Kier molecular flexibility index (Phi) is 6.41. The number of aryl methyl sites for hydroxylation is 2. The van der Waals surface area contributed by atoms with Gasteiger partial charge in [-0.2, -0.15) is 4.31 Å². The molecule has 0 aromatic heterocycles. The SMILES string of the molecule is Cc1ccc(C)c(S(=O)(=O)N2CCC[C@@H]2CNC(=O)C(=O)NC(C)C)c1. The number of hydrogen-bond acceptors (Lipinski definition) is 4. The molecule has 2 amide bonds. The van der Waals surface area contributed by atoms with Crippen LogP contribution in [0.2, 0.25) is 0 Å². The van der Waals surface area contributed by atoms with Crippen LogP contribution in [0.3, 0.4) is 0 Å². The second kappa shape index (κ2) is 8.18. The van der Waals surface area contributed by atoms with Crippen LogP contribution in [-0.2, 0) is 19.6 Å². The first kappa shape index (κ1) is 20.4. The lowest BCUT2D eigenvalue weighted by atomic mass is 10.2. The van der Waals surface area contributed by atoms with Gasteiger partial charge in [0.1, 0.15) is 0 Å². The highest BCUT2D eigenvalue weighted by molar-refractivity contribution is 7.89. The molecule has 0 radical (unpaired) electrons. The van der Waals surface area contributed by atoms with E-state index in [-0.39, 0.29) is 18.6 Å². The van der Waals surface area contributed by atoms with Crippen LogP contribution < -0.4 is 10.6 Å². The second-order valence-corrected chi connectivity index (χ2v) is 8.88. The summed E-state index contributed by atoms with van der Waals surface area (Å²) in [6.07, 6.45) is 1.37. The first-order valence-electron chi connectivity index (χ1n) is 8.80. The Morgan fingerprint density at radius 2 is 1.92 bits per heavy atom. The molecule has 144 valence electrons. The van der Waals surface area contributed by atoms with E-state index >= 15 is 0 Å². The molecular formula is C18H27N3O4S. The van der Waals surface area contributed by atoms with Gasteiger partial charge in [0.2, 0.25) is 10.0 Å². The third-order valence-electron chi connectivity index (χ3n) is 4.38. The molecule has 1 aliphatic rings. The van der Waals surface area contributed by atoms with Gasteiger partial charge in [-0.25, -0.2) is 8.42 Å². The molecule has 0 bridgehead atoms. The van der Waals surface area contributed by atoms with Crippen LogP contribution in [0, 0.1) is 13.8 Å². The molecule has 1 aromatic carbocycles. The molecule has 1 heterocycles. The lowest BCUT2D eigenvalue weighted by molar-refractivity contribution is -0.139. The van der Waals surface area contributed by atoms with E-state index in [4.69, 9.17) is 0 Å². The first-order chi connectivity index (χ1) is 12.1. The summed E-state index contributed by atoms with van der Waals surface area (Å²) in [5.74, 6) is -1.45. The topological polar surface area (TPSA) is 95.6 Å². The number of nitrogens with zero attached hydrogens (tertiary/aromatic N) is 1. The fourth-order valence-electron chi connectivity index (χ4n) is 3.06. The van der Waals surface area contributed by atoms with Gasteiger partial charge in [0, 0.05) is 25.2 Å². The molecule has 1 aromatic rings. The van der Waals surface area contributed by atoms with E-state index in [1.165, 1.54) is 4.31 Å². The smallest absolute Gasteiger partial charge is 0.309 e. The monoisotopic (exact) mass is 381 g/mol. The average Bonchev–Trinajstić information content (AvgIpc) is 3.03. The van der Waals surface area contributed by atoms with Crippen LogP contribution in [-0.4, -0.2) is 49.7 Å². The molecule has 1 saturated heterocycles. The van der Waals surface area contributed by atoms with Gasteiger partial charge in [-0.05, 0) is 57.7 Å². The predicted molar refractivity (Wildman–Crippen MR) is 99.1 cm³/mol. The Morgan fingerprint density at radius 3 is 2.58 bits per heavy atom. The molecule has 7 nitrogen and oxygen atoms in total. The van der Waals surface area contributed by atoms with Gasteiger partial charge >= 0.3 is 11.8 Å². The van der Waals surface area contributed by atoms with Crippen LogP contribution in [0.5, 0.6) is 0 Å². The van der Waals surface area contributed by atoms with Crippen molar-refractivity contribution in [1.82, 2.24) is 14.9 Å². The summed E-state index contributed by atoms with van der Waals surface area (Å²) >= 11 is 0. The Hall–Kier alpha value is -1.93. The van der Waals surface area contributed by atoms with Gasteiger partial charge in [0.15, 0.2) is 0 Å². The van der Waals surface area contributed by atoms with E-state index in [1.54, 1.807) is 32.9 Å². The summed E-state index contributed by atoms with van der Waals surface area (Å²) in [7, 11) is -3.65. The third kappa shape index (κ3) is 4.62. The van der Waals surface area contributed by atoms with Crippen molar-refractivity contribution >= 4 is 21.8 Å². The van der Waals surface area contributed by atoms with Crippen molar-refractivity contribution in [3.05, 3.63) is 29.3 Å². The predicted octanol–water partition coefficient (Wildman–Crippen LogP) is 1.10. The highest BCUT2D eigenvalue weighted by Crippen LogP contribution is 2.28. The zero-order valence-corrected chi connectivity index (χ0v) is 16.5. The average molecular weight is 381 g/mol. The number of sulfonamides is 1. The van der Waals surface area contributed by atoms with E-state index in [2.05, 4.69) is 10.6 Å². The maximum atomic E-state index is 13.1. The fraction of sp³-hybridized carbons (Fsp3) is 0.556. The van der Waals surface area contributed by atoms with E-state index in [0.29, 0.717) is 23.4 Å². The Balaban J connectivity index is 2.11. The zero-order chi connectivity index (χ0) is 19.5. The molecule has 1 aliphatic heterocycles. The Morgan fingerprint density at radius 1 is 1.23 bits per heavy atom. The normalized spacial score (nSPS) is 18.1. The van der Waals surface area contributed by atoms with Gasteiger partial charge in [0.05, 0.1) is 4.90 Å². The van der Waals surface area contributed by atoms with E-state index in [1.807, 2.05) is 13.0 Å². The number of benzene rings is 1. The number of amides is 2. The summed E-state index contributed by atoms with van der Waals surface area (Å²) in [4.78, 5) is 23.9. The van der Waals surface area contributed by atoms with Gasteiger partial charge in [-0.1, -0.05) is 12.1 Å². The minimum atomic E-state index is -3.65. The van der Waals surface area contributed by atoms with Crippen molar-refractivity contribution < 1.29 is 18.0 Å². The minimum Gasteiger partial charge on any atom is -0.346 e. The minimum absolute atomic E-state index is 0.119. The molecule has 2 rings (SSSR count). The molecule has 0 unspecified atom stereocenters. The highest BCUT2D eigenvalue weighted by Gasteiger charge is 2.36. The zero-order valence-electron chi connectivity index (χ0n) is 15.7. The van der Waals surface area contributed by atoms with Gasteiger partial charge in [-0.3, -0.25) is 9.59 Å². The van der Waals surface area contributed by atoms with Gasteiger partial charge in [0.25, 0.3) is 0 Å². The molecule has 26 heavy (non-hydrogen) atoms. The number of nitrogens with one attached hydrogen (secondary N) is 2. The van der Waals surface area contributed by atoms with Crippen LogP contribution in [0.25, 0.3) is 0 Å². The molecule has 0 aliphatic carbocycles. The fourth-order valence-corrected chi connectivity index (χ4v) is 5.06. The molecular weight excluding hydrogens is 354 g/mol. The quantitative estimate of drug-likeness (QED) is 0.747. The summed E-state index contributed by atoms with van der Waals surface area (Å²) < 4.78 is 27.6. The molecule has 2 N–H and O–H groups in total. The Bertz CT molecular complexity index is 790. The lowest BCUT2D eigenvalue weighted by Gasteiger charge is -2.25. The van der Waals surface area contributed by atoms with E-state index in [0.717, 1.165) is 12.0 Å². The maximum Gasteiger partial charge on any atom is 0.309 e.